The van der Waals surface area contributed by atoms with Gasteiger partial charge in [0.25, 0.3) is 0 Å². The van der Waals surface area contributed by atoms with Crippen molar-refractivity contribution in [3.8, 4) is 34.1 Å². The van der Waals surface area contributed by atoms with Crippen molar-refractivity contribution >= 4 is 16.9 Å². The molecule has 0 amide bonds. The molecule has 7 nitrogen and oxygen atoms in total. The number of hydrogen-bond acceptors (Lipinski definition) is 7. The third-order valence-electron chi connectivity index (χ3n) is 6.36. The van der Waals surface area contributed by atoms with Crippen LogP contribution in [-0.2, 0) is 4.79 Å². The first-order valence-corrected chi connectivity index (χ1v) is 11.1. The van der Waals surface area contributed by atoms with E-state index in [1.807, 2.05) is 49.4 Å². The van der Waals surface area contributed by atoms with Crippen LogP contribution >= 0.6 is 0 Å². The van der Waals surface area contributed by atoms with Crippen LogP contribution in [0.2, 0.25) is 0 Å². The van der Waals surface area contributed by atoms with E-state index in [4.69, 9.17) is 23.4 Å². The Labute approximate surface area is 201 Å². The molecule has 0 bridgehead atoms. The number of carbonyl (C=O) groups is 1. The van der Waals surface area contributed by atoms with Gasteiger partial charge in [0.05, 0.1) is 33.1 Å². The Bertz CT molecular complexity index is 1500. The Hall–Kier alpha value is -4.26. The van der Waals surface area contributed by atoms with Gasteiger partial charge in [-0.1, -0.05) is 30.3 Å². The second-order valence-electron chi connectivity index (χ2n) is 8.33. The zero-order valence-electron chi connectivity index (χ0n) is 19.8. The predicted molar refractivity (Wildman–Crippen MR) is 131 cm³/mol. The van der Waals surface area contributed by atoms with Gasteiger partial charge in [0.15, 0.2) is 11.5 Å². The molecule has 1 atom stereocenters. The maximum atomic E-state index is 12.9. The lowest BCUT2D eigenvalue weighted by Crippen LogP contribution is -2.23. The van der Waals surface area contributed by atoms with Crippen molar-refractivity contribution in [1.29, 1.82) is 0 Å². The standard InChI is InChI=1S/C28H24O7/c1-15-10-23-27(17(12-24(29)34-23)16-8-6-5-7-9-16)28-26(15)19(13-25(30)35-28)18-11-21(32-3)22(33-4)14-20(18)31-2/h5-12,14,19H,13H2,1-4H3/t19-/m1/s1. The number of fused-ring (bicyclic) bond motifs is 3. The summed E-state index contributed by atoms with van der Waals surface area (Å²) >= 11 is 0. The van der Waals surface area contributed by atoms with Gasteiger partial charge in [0.1, 0.15) is 17.1 Å². The molecule has 7 heteroatoms. The first-order chi connectivity index (χ1) is 16.9. The summed E-state index contributed by atoms with van der Waals surface area (Å²) in [6, 6.07) is 16.3. The number of rotatable bonds is 5. The Kier molecular flexibility index (Phi) is 5.68. The van der Waals surface area contributed by atoms with Gasteiger partial charge in [-0.15, -0.1) is 0 Å². The van der Waals surface area contributed by atoms with Gasteiger partial charge < -0.3 is 23.4 Å². The molecule has 35 heavy (non-hydrogen) atoms. The second-order valence-corrected chi connectivity index (χ2v) is 8.33. The van der Waals surface area contributed by atoms with E-state index in [0.29, 0.717) is 39.5 Å². The summed E-state index contributed by atoms with van der Waals surface area (Å²) in [5.41, 5.74) is 3.77. The third kappa shape index (κ3) is 3.79. The summed E-state index contributed by atoms with van der Waals surface area (Å²) in [6.07, 6.45) is 0.114. The highest BCUT2D eigenvalue weighted by molar-refractivity contribution is 6.01. The Morgan fingerprint density at radius 2 is 1.54 bits per heavy atom. The molecule has 178 valence electrons. The van der Waals surface area contributed by atoms with Crippen LogP contribution in [0.3, 0.4) is 0 Å². The van der Waals surface area contributed by atoms with Crippen molar-refractivity contribution in [1.82, 2.24) is 0 Å². The molecule has 0 unspecified atom stereocenters. The largest absolute Gasteiger partial charge is 0.496 e. The van der Waals surface area contributed by atoms with E-state index in [1.165, 1.54) is 6.07 Å². The minimum atomic E-state index is -0.476. The van der Waals surface area contributed by atoms with Gasteiger partial charge >= 0.3 is 11.6 Å². The number of esters is 1. The van der Waals surface area contributed by atoms with Crippen LogP contribution in [0, 0.1) is 6.92 Å². The molecule has 0 saturated carbocycles. The van der Waals surface area contributed by atoms with Crippen molar-refractivity contribution in [2.45, 2.75) is 19.3 Å². The predicted octanol–water partition coefficient (Wildman–Crippen LogP) is 5.24. The zero-order valence-corrected chi connectivity index (χ0v) is 19.8. The van der Waals surface area contributed by atoms with Crippen LogP contribution in [0.15, 0.2) is 63.8 Å². The molecule has 0 N–H and O–H groups in total. The average Bonchev–Trinajstić information content (AvgIpc) is 2.87. The SMILES string of the molecule is COc1cc(OC)c([C@H]2CC(=O)Oc3c2c(C)cc2oc(=O)cc(-c4ccccc4)c32)cc1OC. The van der Waals surface area contributed by atoms with E-state index < -0.39 is 11.6 Å². The van der Waals surface area contributed by atoms with Crippen LogP contribution in [0.1, 0.15) is 29.0 Å². The number of aryl methyl sites for hydroxylation is 1. The minimum Gasteiger partial charge on any atom is -0.496 e. The van der Waals surface area contributed by atoms with Crippen LogP contribution in [0.25, 0.3) is 22.1 Å². The molecule has 2 heterocycles. The summed E-state index contributed by atoms with van der Waals surface area (Å²) in [6.45, 7) is 1.91. The summed E-state index contributed by atoms with van der Waals surface area (Å²) in [7, 11) is 4.69. The highest BCUT2D eigenvalue weighted by atomic mass is 16.5. The smallest absolute Gasteiger partial charge is 0.336 e. The lowest BCUT2D eigenvalue weighted by Gasteiger charge is -2.29. The molecular formula is C28H24O7. The summed E-state index contributed by atoms with van der Waals surface area (Å²) in [5.74, 6) is 1.24. The van der Waals surface area contributed by atoms with Crippen molar-refractivity contribution in [3.05, 3.63) is 81.7 Å². The molecule has 4 aromatic rings. The Morgan fingerprint density at radius 1 is 0.857 bits per heavy atom. The number of ether oxygens (including phenoxy) is 4. The molecule has 1 aliphatic heterocycles. The van der Waals surface area contributed by atoms with E-state index in [0.717, 1.165) is 22.3 Å². The van der Waals surface area contributed by atoms with Gasteiger partial charge in [-0.2, -0.15) is 0 Å². The number of benzene rings is 3. The maximum Gasteiger partial charge on any atom is 0.336 e. The Balaban J connectivity index is 1.84. The van der Waals surface area contributed by atoms with Gasteiger partial charge in [-0.3, -0.25) is 4.79 Å². The molecule has 0 fully saturated rings. The fourth-order valence-corrected chi connectivity index (χ4v) is 4.83. The first-order valence-electron chi connectivity index (χ1n) is 11.1. The molecule has 0 aliphatic carbocycles. The molecule has 5 rings (SSSR count). The van der Waals surface area contributed by atoms with Crippen molar-refractivity contribution < 1.29 is 28.2 Å². The van der Waals surface area contributed by atoms with E-state index in [1.54, 1.807) is 27.4 Å². The minimum absolute atomic E-state index is 0.114. The highest BCUT2D eigenvalue weighted by Gasteiger charge is 2.35. The third-order valence-corrected chi connectivity index (χ3v) is 6.36. The summed E-state index contributed by atoms with van der Waals surface area (Å²) in [4.78, 5) is 25.4. The average molecular weight is 472 g/mol. The molecular weight excluding hydrogens is 448 g/mol. The van der Waals surface area contributed by atoms with Crippen molar-refractivity contribution in [2.24, 2.45) is 0 Å². The topological polar surface area (TPSA) is 84.2 Å². The Morgan fingerprint density at radius 3 is 2.23 bits per heavy atom. The van der Waals surface area contributed by atoms with Crippen molar-refractivity contribution in [3.63, 3.8) is 0 Å². The molecule has 0 saturated heterocycles. The number of carbonyl (C=O) groups excluding carboxylic acids is 1. The first kappa shape index (κ1) is 22.5. The van der Waals surface area contributed by atoms with E-state index in [2.05, 4.69) is 0 Å². The second kappa shape index (κ2) is 8.83. The van der Waals surface area contributed by atoms with Crippen LogP contribution in [0.4, 0.5) is 0 Å². The lowest BCUT2D eigenvalue weighted by atomic mass is 9.81. The van der Waals surface area contributed by atoms with Crippen LogP contribution in [-0.4, -0.2) is 27.3 Å². The lowest BCUT2D eigenvalue weighted by molar-refractivity contribution is -0.135. The van der Waals surface area contributed by atoms with Gasteiger partial charge in [0, 0.05) is 34.7 Å². The van der Waals surface area contributed by atoms with Crippen LogP contribution in [0.5, 0.6) is 23.0 Å². The maximum absolute atomic E-state index is 12.9. The van der Waals surface area contributed by atoms with Gasteiger partial charge in [0.2, 0.25) is 0 Å². The van der Waals surface area contributed by atoms with Gasteiger partial charge in [-0.25, -0.2) is 4.79 Å². The van der Waals surface area contributed by atoms with E-state index in [9.17, 15) is 9.59 Å². The normalized spacial score (nSPS) is 14.9. The van der Waals surface area contributed by atoms with Gasteiger partial charge in [-0.05, 0) is 30.2 Å². The molecule has 0 spiro atoms. The quantitative estimate of drug-likeness (QED) is 0.223. The monoisotopic (exact) mass is 472 g/mol. The van der Waals surface area contributed by atoms with Crippen molar-refractivity contribution in [2.75, 3.05) is 21.3 Å². The highest BCUT2D eigenvalue weighted by Crippen LogP contribution is 2.50. The molecule has 1 aliphatic rings. The number of hydrogen-bond donors (Lipinski definition) is 0. The molecule has 3 aromatic carbocycles. The number of methoxy groups -OCH3 is 3. The van der Waals surface area contributed by atoms with E-state index in [-0.39, 0.29) is 12.3 Å². The molecule has 0 radical (unpaired) electrons. The fraction of sp³-hybridized carbons (Fsp3) is 0.214. The fourth-order valence-electron chi connectivity index (χ4n) is 4.83. The van der Waals surface area contributed by atoms with E-state index >= 15 is 0 Å². The molecule has 1 aromatic heterocycles. The summed E-state index contributed by atoms with van der Waals surface area (Å²) in [5, 5.41) is 0.578. The zero-order chi connectivity index (χ0) is 24.7. The summed E-state index contributed by atoms with van der Waals surface area (Å²) < 4.78 is 28.0. The van der Waals surface area contributed by atoms with Crippen LogP contribution < -0.4 is 24.6 Å².